The fraction of sp³-hybridized carbons (Fsp3) is 0.375. The molecule has 0 aromatic heterocycles. The van der Waals surface area contributed by atoms with Gasteiger partial charge in [-0.3, -0.25) is 9.59 Å². The fourth-order valence-corrected chi connectivity index (χ4v) is 2.95. The van der Waals surface area contributed by atoms with Crippen LogP contribution in [-0.4, -0.2) is 35.9 Å². The molecule has 3 amide bonds. The van der Waals surface area contributed by atoms with Gasteiger partial charge in [-0.05, 0) is 75.2 Å². The minimum absolute atomic E-state index is 0.0601. The zero-order chi connectivity index (χ0) is 26.6. The number of ether oxygens (including phenoxy) is 2. The van der Waals surface area contributed by atoms with Gasteiger partial charge in [0.05, 0.1) is 5.69 Å². The van der Waals surface area contributed by atoms with E-state index in [0.717, 1.165) is 48.5 Å². The van der Waals surface area contributed by atoms with E-state index in [4.69, 9.17) is 4.74 Å². The number of anilines is 1. The third-order valence-corrected chi connectivity index (χ3v) is 4.45. The van der Waals surface area contributed by atoms with Crippen molar-refractivity contribution >= 4 is 23.6 Å². The number of hydrogen-bond donors (Lipinski definition) is 1. The number of benzene rings is 2. The van der Waals surface area contributed by atoms with Crippen molar-refractivity contribution in [3.63, 3.8) is 0 Å². The highest BCUT2D eigenvalue weighted by Gasteiger charge is 2.35. The predicted octanol–water partition coefficient (Wildman–Crippen LogP) is 5.45. The molecule has 0 radical (unpaired) electrons. The fourth-order valence-electron chi connectivity index (χ4n) is 2.95. The number of hydrogen-bond acceptors (Lipinski definition) is 5. The highest BCUT2D eigenvalue weighted by atomic mass is 19.4. The standard InChI is InChI=1S/C24H26F4N2O5/c1-14(2)19(29-22(33)35-23(3,4)5)21(32)30(20(31)15-6-8-16(25)9-7-15)17-10-12-18(13-11-17)34-24(26,27)28/h6-14,19H,1-5H3,(H,29,33)/t19-/m0/s1. The lowest BCUT2D eigenvalue weighted by molar-refractivity contribution is -0.274. The van der Waals surface area contributed by atoms with E-state index in [1.165, 1.54) is 0 Å². The smallest absolute Gasteiger partial charge is 0.444 e. The Morgan fingerprint density at radius 3 is 1.91 bits per heavy atom. The third-order valence-electron chi connectivity index (χ3n) is 4.45. The third kappa shape index (κ3) is 8.27. The second-order valence-corrected chi connectivity index (χ2v) is 8.90. The van der Waals surface area contributed by atoms with Gasteiger partial charge in [0.25, 0.3) is 11.8 Å². The molecule has 1 N–H and O–H groups in total. The van der Waals surface area contributed by atoms with Crippen molar-refractivity contribution in [3.05, 3.63) is 59.9 Å². The maximum absolute atomic E-state index is 13.5. The van der Waals surface area contributed by atoms with E-state index in [0.29, 0.717) is 4.90 Å². The summed E-state index contributed by atoms with van der Waals surface area (Å²) >= 11 is 0. The zero-order valence-electron chi connectivity index (χ0n) is 19.8. The number of carbonyl (C=O) groups excluding carboxylic acids is 3. The van der Waals surface area contributed by atoms with Crippen LogP contribution in [0.1, 0.15) is 45.0 Å². The summed E-state index contributed by atoms with van der Waals surface area (Å²) in [6, 6.07) is 7.18. The minimum Gasteiger partial charge on any atom is -0.444 e. The van der Waals surface area contributed by atoms with Crippen molar-refractivity contribution in [1.82, 2.24) is 5.32 Å². The second-order valence-electron chi connectivity index (χ2n) is 8.90. The molecule has 0 fully saturated rings. The average molecular weight is 498 g/mol. The second kappa shape index (κ2) is 10.7. The van der Waals surface area contributed by atoms with Gasteiger partial charge in [-0.1, -0.05) is 13.8 Å². The van der Waals surface area contributed by atoms with Gasteiger partial charge in [0, 0.05) is 5.56 Å². The van der Waals surface area contributed by atoms with Crippen LogP contribution in [0.15, 0.2) is 48.5 Å². The van der Waals surface area contributed by atoms with Crippen LogP contribution in [0.5, 0.6) is 5.75 Å². The summed E-state index contributed by atoms with van der Waals surface area (Å²) in [5.41, 5.74) is -1.00. The van der Waals surface area contributed by atoms with E-state index in [-0.39, 0.29) is 11.3 Å². The van der Waals surface area contributed by atoms with Crippen molar-refractivity contribution in [2.24, 2.45) is 5.92 Å². The first kappa shape index (κ1) is 27.6. The van der Waals surface area contributed by atoms with Gasteiger partial charge in [-0.15, -0.1) is 13.2 Å². The molecule has 0 bridgehead atoms. The molecular weight excluding hydrogens is 472 g/mol. The number of halogens is 4. The molecule has 2 rings (SSSR count). The van der Waals surface area contributed by atoms with E-state index < -0.39 is 53.4 Å². The van der Waals surface area contributed by atoms with Crippen LogP contribution in [-0.2, 0) is 9.53 Å². The first-order chi connectivity index (χ1) is 16.1. The molecule has 190 valence electrons. The number of amides is 3. The van der Waals surface area contributed by atoms with Crippen LogP contribution in [0.2, 0.25) is 0 Å². The summed E-state index contributed by atoms with van der Waals surface area (Å²) in [5.74, 6) is -3.43. The van der Waals surface area contributed by atoms with Crippen LogP contribution in [0.25, 0.3) is 0 Å². The van der Waals surface area contributed by atoms with Crippen LogP contribution in [0.3, 0.4) is 0 Å². The number of alkyl carbamates (subject to hydrolysis) is 1. The Morgan fingerprint density at radius 2 is 1.46 bits per heavy atom. The van der Waals surface area contributed by atoms with Crippen molar-refractivity contribution in [3.8, 4) is 5.75 Å². The van der Waals surface area contributed by atoms with Gasteiger partial charge >= 0.3 is 12.5 Å². The normalized spacial score (nSPS) is 12.6. The van der Waals surface area contributed by atoms with E-state index in [9.17, 15) is 31.9 Å². The molecule has 0 heterocycles. The van der Waals surface area contributed by atoms with Crippen LogP contribution < -0.4 is 15.0 Å². The maximum atomic E-state index is 13.5. The Labute approximate surface area is 200 Å². The summed E-state index contributed by atoms with van der Waals surface area (Å²) in [7, 11) is 0. The Hall–Kier alpha value is -3.63. The summed E-state index contributed by atoms with van der Waals surface area (Å²) in [6.45, 7) is 8.15. The molecule has 0 aliphatic heterocycles. The average Bonchev–Trinajstić information content (AvgIpc) is 2.71. The number of carbonyl (C=O) groups is 3. The molecule has 2 aromatic carbocycles. The number of rotatable bonds is 6. The Bertz CT molecular complexity index is 1050. The van der Waals surface area contributed by atoms with Gasteiger partial charge in [-0.2, -0.15) is 0 Å². The minimum atomic E-state index is -4.93. The van der Waals surface area contributed by atoms with E-state index >= 15 is 0 Å². The van der Waals surface area contributed by atoms with E-state index in [2.05, 4.69) is 10.1 Å². The van der Waals surface area contributed by atoms with Gasteiger partial charge < -0.3 is 14.8 Å². The summed E-state index contributed by atoms with van der Waals surface area (Å²) < 4.78 is 60.0. The molecule has 0 unspecified atom stereocenters. The van der Waals surface area contributed by atoms with E-state index in [1.807, 2.05) is 0 Å². The van der Waals surface area contributed by atoms with Gasteiger partial charge in [-0.25, -0.2) is 14.1 Å². The molecule has 2 aromatic rings. The van der Waals surface area contributed by atoms with Crippen molar-refractivity contribution in [1.29, 1.82) is 0 Å². The summed E-state index contributed by atoms with van der Waals surface area (Å²) in [4.78, 5) is 39.9. The van der Waals surface area contributed by atoms with E-state index in [1.54, 1.807) is 34.6 Å². The van der Waals surface area contributed by atoms with Crippen molar-refractivity contribution in [2.45, 2.75) is 52.6 Å². The van der Waals surface area contributed by atoms with Crippen molar-refractivity contribution < 1.29 is 41.4 Å². The molecule has 0 saturated heterocycles. The van der Waals surface area contributed by atoms with Crippen LogP contribution in [0, 0.1) is 11.7 Å². The Balaban J connectivity index is 2.47. The van der Waals surface area contributed by atoms with Crippen LogP contribution >= 0.6 is 0 Å². The Morgan fingerprint density at radius 1 is 0.914 bits per heavy atom. The summed E-state index contributed by atoms with van der Waals surface area (Å²) in [5, 5.41) is 2.44. The van der Waals surface area contributed by atoms with Gasteiger partial charge in [0.1, 0.15) is 23.2 Å². The lowest BCUT2D eigenvalue weighted by atomic mass is 10.0. The molecule has 0 saturated carbocycles. The molecule has 0 aliphatic rings. The first-order valence-electron chi connectivity index (χ1n) is 10.6. The monoisotopic (exact) mass is 498 g/mol. The first-order valence-corrected chi connectivity index (χ1v) is 10.6. The molecule has 0 aliphatic carbocycles. The molecule has 35 heavy (non-hydrogen) atoms. The highest BCUT2D eigenvalue weighted by molar-refractivity contribution is 6.22. The quantitative estimate of drug-likeness (QED) is 0.536. The zero-order valence-corrected chi connectivity index (χ0v) is 19.8. The van der Waals surface area contributed by atoms with Gasteiger partial charge in [0.15, 0.2) is 0 Å². The number of alkyl halides is 3. The Kier molecular flexibility index (Phi) is 8.48. The highest BCUT2D eigenvalue weighted by Crippen LogP contribution is 2.27. The number of nitrogens with one attached hydrogen (secondary N) is 1. The lowest BCUT2D eigenvalue weighted by Gasteiger charge is -2.29. The number of imide groups is 1. The largest absolute Gasteiger partial charge is 0.573 e. The maximum Gasteiger partial charge on any atom is 0.573 e. The molecule has 1 atom stereocenters. The summed E-state index contributed by atoms with van der Waals surface area (Å²) in [6.07, 6.45) is -5.83. The molecule has 11 heteroatoms. The van der Waals surface area contributed by atoms with Crippen molar-refractivity contribution in [2.75, 3.05) is 4.90 Å². The molecular formula is C24H26F4N2O5. The number of nitrogens with zero attached hydrogens (tertiary/aromatic N) is 1. The SMILES string of the molecule is CC(C)[C@H](NC(=O)OC(C)(C)C)C(=O)N(C(=O)c1ccc(F)cc1)c1ccc(OC(F)(F)F)cc1. The van der Waals surface area contributed by atoms with Gasteiger partial charge in [0.2, 0.25) is 0 Å². The lowest BCUT2D eigenvalue weighted by Crippen LogP contribution is -2.54. The predicted molar refractivity (Wildman–Crippen MR) is 119 cm³/mol. The van der Waals surface area contributed by atoms with Crippen LogP contribution in [0.4, 0.5) is 28.0 Å². The molecule has 7 nitrogen and oxygen atoms in total. The molecule has 0 spiro atoms. The topological polar surface area (TPSA) is 84.9 Å².